The van der Waals surface area contributed by atoms with Gasteiger partial charge in [0, 0.05) is 0 Å². The highest BCUT2D eigenvalue weighted by Gasteiger charge is 1.90. The molecule has 0 spiro atoms. The number of hydrogen-bond acceptors (Lipinski definition) is 10. The second kappa shape index (κ2) is 32.5. The second-order valence-corrected chi connectivity index (χ2v) is 4.39. The molecule has 0 bridgehead atoms. The second-order valence-electron chi connectivity index (χ2n) is 4.39. The highest BCUT2D eigenvalue weighted by molar-refractivity contribution is 5.72. The Morgan fingerprint density at radius 2 is 0.676 bits per heavy atom. The Kier molecular flexibility index (Phi) is 34.6. The highest BCUT2D eigenvalue weighted by atomic mass is 16.5. The van der Waals surface area contributed by atoms with Crippen LogP contribution in [0, 0.1) is 0 Å². The maximum Gasteiger partial charge on any atom is 0.322 e. The summed E-state index contributed by atoms with van der Waals surface area (Å²) in [5.74, 6) is -4.14. The third-order valence-electron chi connectivity index (χ3n) is 1.77. The predicted octanol–water partition coefficient (Wildman–Crippen LogP) is -3.76. The van der Waals surface area contributed by atoms with Crippen LogP contribution in [-0.4, -0.2) is 96.1 Å². The fraction of sp³-hybridized carbons (Fsp3) is 0.250. The van der Waals surface area contributed by atoms with E-state index in [0.29, 0.717) is 25.6 Å². The smallest absolute Gasteiger partial charge is 0.322 e. The molecule has 8 N–H and O–H groups in total. The number of carboxylic acid groups (broad SMARTS) is 4. The first-order valence-electron chi connectivity index (χ1n) is 8.25. The number of hydrogen-bond donors (Lipinski definition) is 8. The van der Waals surface area contributed by atoms with Crippen molar-refractivity contribution in [3.63, 3.8) is 0 Å². The fourth-order valence-corrected chi connectivity index (χ4v) is 0.735. The number of carbonyl (C=O) groups excluding carboxylic acids is 4. The average molecular weight is 496 g/mol. The van der Waals surface area contributed by atoms with Crippen molar-refractivity contribution >= 4 is 49.5 Å². The van der Waals surface area contributed by atoms with Gasteiger partial charge in [-0.25, -0.2) is 0 Å². The van der Waals surface area contributed by atoms with Crippen LogP contribution in [0.1, 0.15) is 0 Å². The van der Waals surface area contributed by atoms with Crippen LogP contribution in [-0.2, 0) is 47.8 Å². The lowest BCUT2D eigenvalue weighted by molar-refractivity contribution is -0.137. The monoisotopic (exact) mass is 496 g/mol. The first-order chi connectivity index (χ1) is 16.1. The highest BCUT2D eigenvalue weighted by Crippen LogP contribution is 1.89. The summed E-state index contributed by atoms with van der Waals surface area (Å²) in [6, 6.07) is 0. The summed E-state index contributed by atoms with van der Waals surface area (Å²) in [4.78, 5) is 75.5. The molecule has 0 aromatic carbocycles. The largest absolute Gasteiger partial charge is 0.480 e. The van der Waals surface area contributed by atoms with Gasteiger partial charge in [-0.1, -0.05) is 0 Å². The molecule has 18 heteroatoms. The molecule has 0 atom stereocenters. The van der Waals surface area contributed by atoms with Crippen molar-refractivity contribution in [3.8, 4) is 0 Å². The Bertz CT molecular complexity index is 558. The summed E-state index contributed by atoms with van der Waals surface area (Å²) in [5, 5.41) is 39.2. The first-order valence-corrected chi connectivity index (χ1v) is 8.25. The summed E-state index contributed by atoms with van der Waals surface area (Å²) in [7, 11) is 0. The van der Waals surface area contributed by atoms with Crippen molar-refractivity contribution in [2.75, 3.05) is 26.2 Å². The van der Waals surface area contributed by atoms with E-state index in [1.807, 2.05) is 21.3 Å². The minimum Gasteiger partial charge on any atom is -0.480 e. The number of carbonyl (C=O) groups is 8. The Balaban J connectivity index is -0.000000165. The molecule has 34 heavy (non-hydrogen) atoms. The normalized spacial score (nSPS) is 8.94. The van der Waals surface area contributed by atoms with Crippen molar-refractivity contribution in [1.29, 1.82) is 0 Å². The maximum absolute atomic E-state index is 9.54. The van der Waals surface area contributed by atoms with Crippen LogP contribution in [0.3, 0.4) is 0 Å². The Morgan fingerprint density at radius 1 is 0.500 bits per heavy atom. The van der Waals surface area contributed by atoms with Gasteiger partial charge in [-0.15, -0.1) is 0 Å². The molecule has 1 aliphatic rings. The van der Waals surface area contributed by atoms with E-state index in [9.17, 15) is 38.4 Å². The minimum atomic E-state index is -1.04. The molecule has 0 aromatic heterocycles. The lowest BCUT2D eigenvalue weighted by Crippen LogP contribution is -2.20. The predicted molar refractivity (Wildman–Crippen MR) is 107 cm³/mol. The van der Waals surface area contributed by atoms with E-state index in [-0.39, 0.29) is 26.2 Å². The number of amides is 4. The molecule has 4 amide bonds. The van der Waals surface area contributed by atoms with Crippen molar-refractivity contribution in [2.24, 2.45) is 0 Å². The molecule has 0 saturated carbocycles. The van der Waals surface area contributed by atoms with Crippen molar-refractivity contribution in [3.05, 3.63) is 25.0 Å². The third kappa shape index (κ3) is 63.2. The SMILES string of the molecule is C1=COC=CO1.O=CNCC(=O)O.O=CNCC(=O)O.O=CNCC(=O)O.O=CNCC(=O)O. The van der Waals surface area contributed by atoms with Gasteiger partial charge in [0.15, 0.2) is 0 Å². The molecule has 18 nitrogen and oxygen atoms in total. The van der Waals surface area contributed by atoms with Gasteiger partial charge in [0.2, 0.25) is 25.6 Å². The van der Waals surface area contributed by atoms with Gasteiger partial charge in [0.05, 0.1) is 0 Å². The maximum atomic E-state index is 9.54. The molecule has 1 heterocycles. The van der Waals surface area contributed by atoms with Gasteiger partial charge in [-0.3, -0.25) is 38.4 Å². The van der Waals surface area contributed by atoms with Crippen LogP contribution in [0.25, 0.3) is 0 Å². The van der Waals surface area contributed by atoms with Gasteiger partial charge in [0.25, 0.3) is 0 Å². The van der Waals surface area contributed by atoms with Crippen LogP contribution >= 0.6 is 0 Å². The Hall–Kier alpha value is -5.16. The molecule has 0 aliphatic carbocycles. The van der Waals surface area contributed by atoms with E-state index < -0.39 is 23.9 Å². The molecule has 192 valence electrons. The van der Waals surface area contributed by atoms with Crippen molar-refractivity contribution < 1.29 is 68.3 Å². The molecule has 1 rings (SSSR count). The molecule has 0 fully saturated rings. The Morgan fingerprint density at radius 3 is 0.735 bits per heavy atom. The number of aliphatic carboxylic acids is 4. The van der Waals surface area contributed by atoms with Crippen LogP contribution in [0.5, 0.6) is 0 Å². The zero-order valence-electron chi connectivity index (χ0n) is 17.3. The van der Waals surface area contributed by atoms with Crippen LogP contribution < -0.4 is 21.3 Å². The standard InChI is InChI=1S/C4H4O2.4C3H5NO3/c1-2-6-4-3-5-1;4*5-2-4-1-3(6)7/h1-4H;4*2H,1H2,(H,4,5)(H,6,7). The molecular formula is C16H24N4O14. The number of rotatable bonds is 12. The number of carboxylic acids is 4. The van der Waals surface area contributed by atoms with Gasteiger partial charge in [-0.2, -0.15) is 0 Å². The summed E-state index contributed by atoms with van der Waals surface area (Å²) < 4.78 is 9.17. The van der Waals surface area contributed by atoms with Crippen LogP contribution in [0.4, 0.5) is 0 Å². The Labute approximate surface area is 191 Å². The molecular weight excluding hydrogens is 472 g/mol. The number of ether oxygens (including phenoxy) is 2. The lowest BCUT2D eigenvalue weighted by Gasteiger charge is -1.94. The van der Waals surface area contributed by atoms with Gasteiger partial charge < -0.3 is 51.2 Å². The van der Waals surface area contributed by atoms with Gasteiger partial charge >= 0.3 is 23.9 Å². The molecule has 0 aromatic rings. The van der Waals surface area contributed by atoms with E-state index in [1.54, 1.807) is 0 Å². The van der Waals surface area contributed by atoms with Gasteiger partial charge in [0.1, 0.15) is 51.2 Å². The molecule has 0 saturated heterocycles. The fourth-order valence-electron chi connectivity index (χ4n) is 0.735. The van der Waals surface area contributed by atoms with E-state index in [2.05, 4.69) is 9.47 Å². The summed E-state index contributed by atoms with van der Waals surface area (Å²) in [5.41, 5.74) is 0. The molecule has 0 radical (unpaired) electrons. The summed E-state index contributed by atoms with van der Waals surface area (Å²) in [6.45, 7) is -1.21. The average Bonchev–Trinajstić information content (AvgIpc) is 2.81. The van der Waals surface area contributed by atoms with Crippen LogP contribution in [0.15, 0.2) is 25.0 Å². The lowest BCUT2D eigenvalue weighted by atomic mass is 10.7. The van der Waals surface area contributed by atoms with E-state index in [1.165, 1.54) is 25.0 Å². The van der Waals surface area contributed by atoms with Crippen molar-refractivity contribution in [1.82, 2.24) is 21.3 Å². The zero-order valence-corrected chi connectivity index (χ0v) is 17.3. The zero-order chi connectivity index (χ0) is 27.0. The molecule has 1 aliphatic heterocycles. The van der Waals surface area contributed by atoms with Crippen molar-refractivity contribution in [2.45, 2.75) is 0 Å². The van der Waals surface area contributed by atoms with Gasteiger partial charge in [-0.05, 0) is 0 Å². The minimum absolute atomic E-state index is 0.302. The number of nitrogens with one attached hydrogen (secondary N) is 4. The third-order valence-corrected chi connectivity index (χ3v) is 1.77. The summed E-state index contributed by atoms with van der Waals surface area (Å²) >= 11 is 0. The van der Waals surface area contributed by atoms with E-state index in [4.69, 9.17) is 20.4 Å². The topological polar surface area (TPSA) is 284 Å². The molecule has 0 unspecified atom stereocenters. The van der Waals surface area contributed by atoms with E-state index >= 15 is 0 Å². The first kappa shape index (κ1) is 36.2. The quantitative estimate of drug-likeness (QED) is 0.120. The summed E-state index contributed by atoms with van der Waals surface area (Å²) in [6.07, 6.45) is 7.20. The van der Waals surface area contributed by atoms with E-state index in [0.717, 1.165) is 0 Å². The van der Waals surface area contributed by atoms with Crippen LogP contribution in [0.2, 0.25) is 0 Å².